The van der Waals surface area contributed by atoms with Crippen LogP contribution >= 0.6 is 30.4 Å². The van der Waals surface area contributed by atoms with Crippen LogP contribution in [0.15, 0.2) is 0 Å². The third-order valence-electron chi connectivity index (χ3n) is 3.20. The SMILES string of the molecule is O=P(O)(O)C(O)(COCCOCCOCC(O)(P(=O)(O)O)P(=O)(O)O)P(=O)(O)O. The summed E-state index contributed by atoms with van der Waals surface area (Å²) in [5, 5.41) is 11.5. The van der Waals surface area contributed by atoms with Gasteiger partial charge < -0.3 is 63.6 Å². The molecule has 0 aromatic carbocycles. The van der Waals surface area contributed by atoms with E-state index in [1.54, 1.807) is 0 Å². The average Bonchev–Trinajstić information content (AvgIpc) is 2.48. The van der Waals surface area contributed by atoms with Crippen LogP contribution in [-0.2, 0) is 32.5 Å². The molecule has 0 heterocycles. The van der Waals surface area contributed by atoms with Gasteiger partial charge in [0.15, 0.2) is 0 Å². The molecule has 0 radical (unpaired) electrons. The second-order valence-corrected chi connectivity index (χ2v) is 13.5. The second-order valence-electron chi connectivity index (χ2n) is 5.44. The van der Waals surface area contributed by atoms with Crippen LogP contribution in [0.4, 0.5) is 0 Å². The largest absolute Gasteiger partial charge is 0.377 e. The minimum atomic E-state index is -5.67. The maximum absolute atomic E-state index is 11.1. The molecule has 176 valence electrons. The van der Waals surface area contributed by atoms with Crippen LogP contribution < -0.4 is 0 Å². The van der Waals surface area contributed by atoms with E-state index in [1.165, 1.54) is 0 Å². The van der Waals surface area contributed by atoms with E-state index in [0.29, 0.717) is 0 Å². The first-order valence-corrected chi connectivity index (χ1v) is 13.6. The van der Waals surface area contributed by atoms with Crippen LogP contribution in [-0.4, -0.2) is 99.2 Å². The first kappa shape index (κ1) is 29.4. The Morgan fingerprint density at radius 1 is 0.483 bits per heavy atom. The van der Waals surface area contributed by atoms with E-state index in [0.717, 1.165) is 0 Å². The van der Waals surface area contributed by atoms with Crippen molar-refractivity contribution in [2.45, 2.75) is 10.2 Å². The summed E-state index contributed by atoms with van der Waals surface area (Å²) in [5.41, 5.74) is 0. The fourth-order valence-corrected chi connectivity index (χ4v) is 5.18. The lowest BCUT2D eigenvalue weighted by Gasteiger charge is -2.29. The van der Waals surface area contributed by atoms with Crippen LogP contribution in [0.5, 0.6) is 0 Å². The fourth-order valence-electron chi connectivity index (χ4n) is 1.43. The summed E-state index contributed by atoms with van der Waals surface area (Å²) in [6.45, 7) is -4.64. The van der Waals surface area contributed by atoms with Crippen molar-refractivity contribution in [3.63, 3.8) is 0 Å². The van der Waals surface area contributed by atoms with E-state index < -0.39 is 67.0 Å². The molecule has 17 nitrogen and oxygen atoms in total. The molecule has 0 saturated carbocycles. The topological polar surface area (TPSA) is 298 Å². The zero-order valence-corrected chi connectivity index (χ0v) is 17.9. The molecule has 0 bridgehead atoms. The Labute approximate surface area is 162 Å². The number of aliphatic hydroxyl groups is 2. The second kappa shape index (κ2) is 10.3. The molecule has 29 heavy (non-hydrogen) atoms. The fraction of sp³-hybridized carbons (Fsp3) is 1.00. The zero-order chi connectivity index (χ0) is 23.4. The summed E-state index contributed by atoms with van der Waals surface area (Å²) in [7, 11) is -22.7. The molecule has 0 aromatic rings. The molecule has 0 spiro atoms. The van der Waals surface area contributed by atoms with Gasteiger partial charge in [0.2, 0.25) is 0 Å². The number of hydrogen-bond donors (Lipinski definition) is 10. The van der Waals surface area contributed by atoms with E-state index in [2.05, 4.69) is 9.47 Å². The lowest BCUT2D eigenvalue weighted by Crippen LogP contribution is -2.35. The molecule has 21 heteroatoms. The van der Waals surface area contributed by atoms with Gasteiger partial charge in [-0.25, -0.2) is 0 Å². The zero-order valence-electron chi connectivity index (χ0n) is 14.4. The van der Waals surface area contributed by atoms with E-state index in [1.807, 2.05) is 0 Å². The Kier molecular flexibility index (Phi) is 10.5. The highest BCUT2D eigenvalue weighted by Crippen LogP contribution is 2.68. The lowest BCUT2D eigenvalue weighted by molar-refractivity contribution is -0.0255. The van der Waals surface area contributed by atoms with Gasteiger partial charge in [0.1, 0.15) is 0 Å². The Balaban J connectivity index is 4.35. The third-order valence-corrected chi connectivity index (χ3v) is 10.6. The number of rotatable bonds is 14. The standard InChI is InChI=1S/C8H22O17P4/c9-7(26(11,12)13,27(14,15)16)5-24-3-1-23-2-4-25-6-8(10,28(17,18)19)29(20,21)22/h9-10H,1-6H2,(H2,11,12,13)(H2,14,15,16)(H2,17,18,19)(H2,20,21,22). The first-order chi connectivity index (χ1) is 12.7. The molecule has 0 unspecified atom stereocenters. The maximum atomic E-state index is 11.1. The Bertz CT molecular complexity index is 607. The Morgan fingerprint density at radius 3 is 0.897 bits per heavy atom. The van der Waals surface area contributed by atoms with Crippen molar-refractivity contribution >= 4 is 30.4 Å². The minimum absolute atomic E-state index is 0.372. The van der Waals surface area contributed by atoms with Gasteiger partial charge in [0, 0.05) is 0 Å². The monoisotopic (exact) mass is 514 g/mol. The molecule has 10 N–H and O–H groups in total. The normalized spacial score (nSPS) is 15.0. The molecule has 0 aliphatic carbocycles. The quantitative estimate of drug-likeness (QED) is 0.0818. The predicted molar refractivity (Wildman–Crippen MR) is 90.5 cm³/mol. The van der Waals surface area contributed by atoms with Crippen molar-refractivity contribution in [2.24, 2.45) is 0 Å². The summed E-state index contributed by atoms with van der Waals surface area (Å²) in [5.74, 6) is 0. The summed E-state index contributed by atoms with van der Waals surface area (Å²) < 4.78 is 58.1. The van der Waals surface area contributed by atoms with Crippen LogP contribution in [0.2, 0.25) is 0 Å². The van der Waals surface area contributed by atoms with Crippen LogP contribution in [0.1, 0.15) is 0 Å². The molecular formula is C8H22O17P4. The van der Waals surface area contributed by atoms with E-state index in [9.17, 15) is 28.5 Å². The highest BCUT2D eigenvalue weighted by molar-refractivity contribution is 7.72. The van der Waals surface area contributed by atoms with Gasteiger partial charge in [0.25, 0.3) is 10.2 Å². The summed E-state index contributed by atoms with van der Waals surface area (Å²) in [4.78, 5) is 70.9. The summed E-state index contributed by atoms with van der Waals surface area (Å²) in [6, 6.07) is 0. The molecule has 0 aliphatic rings. The molecule has 0 fully saturated rings. The van der Waals surface area contributed by atoms with Gasteiger partial charge >= 0.3 is 30.4 Å². The summed E-state index contributed by atoms with van der Waals surface area (Å²) in [6.07, 6.45) is 0. The molecule has 0 aliphatic heterocycles. The van der Waals surface area contributed by atoms with Crippen molar-refractivity contribution in [3.05, 3.63) is 0 Å². The first-order valence-electron chi connectivity index (χ1n) is 7.11. The van der Waals surface area contributed by atoms with Crippen LogP contribution in [0, 0.1) is 0 Å². The molecular weight excluding hydrogens is 492 g/mol. The highest BCUT2D eigenvalue weighted by atomic mass is 31.2. The van der Waals surface area contributed by atoms with Gasteiger partial charge in [-0.15, -0.1) is 0 Å². The summed E-state index contributed by atoms with van der Waals surface area (Å²) >= 11 is 0. The Hall–Kier alpha value is 0.400. The third kappa shape index (κ3) is 7.79. The van der Waals surface area contributed by atoms with E-state index in [4.69, 9.17) is 43.9 Å². The van der Waals surface area contributed by atoms with Gasteiger partial charge in [-0.05, 0) is 0 Å². The van der Waals surface area contributed by atoms with Gasteiger partial charge in [0.05, 0.1) is 39.6 Å². The number of hydrogen-bond acceptors (Lipinski definition) is 9. The molecule has 0 rings (SSSR count). The maximum Gasteiger partial charge on any atom is 0.371 e. The van der Waals surface area contributed by atoms with Crippen molar-refractivity contribution in [2.75, 3.05) is 39.6 Å². The van der Waals surface area contributed by atoms with Gasteiger partial charge in [-0.3, -0.25) is 18.3 Å². The smallest absolute Gasteiger partial charge is 0.371 e. The minimum Gasteiger partial charge on any atom is -0.377 e. The van der Waals surface area contributed by atoms with Crippen molar-refractivity contribution in [3.8, 4) is 0 Å². The average molecular weight is 514 g/mol. The van der Waals surface area contributed by atoms with Crippen molar-refractivity contribution in [1.82, 2.24) is 0 Å². The highest BCUT2D eigenvalue weighted by Gasteiger charge is 2.60. The van der Waals surface area contributed by atoms with Crippen molar-refractivity contribution < 1.29 is 81.8 Å². The number of ether oxygens (including phenoxy) is 3. The molecule has 0 aromatic heterocycles. The molecule has 0 atom stereocenters. The van der Waals surface area contributed by atoms with Crippen LogP contribution in [0.25, 0.3) is 0 Å². The van der Waals surface area contributed by atoms with E-state index in [-0.39, 0.29) is 13.2 Å². The lowest BCUT2D eigenvalue weighted by atomic mass is 10.7. The van der Waals surface area contributed by atoms with Gasteiger partial charge in [-0.1, -0.05) is 0 Å². The molecule has 0 saturated heterocycles. The van der Waals surface area contributed by atoms with Gasteiger partial charge in [-0.2, -0.15) is 0 Å². The predicted octanol–water partition coefficient (Wildman–Crippen LogP) is -2.96. The van der Waals surface area contributed by atoms with Crippen LogP contribution in [0.3, 0.4) is 0 Å². The Morgan fingerprint density at radius 2 is 0.690 bits per heavy atom. The van der Waals surface area contributed by atoms with Crippen molar-refractivity contribution in [1.29, 1.82) is 0 Å². The van der Waals surface area contributed by atoms with E-state index >= 15 is 0 Å². The molecule has 0 amide bonds.